The average Bonchev–Trinajstić information content (AvgIpc) is 2.47. The highest BCUT2D eigenvalue weighted by Gasteiger charge is 2.35. The fraction of sp³-hybridized carbons (Fsp3) is 0.562. The van der Waals surface area contributed by atoms with E-state index in [0.29, 0.717) is 26.1 Å². The molecule has 132 valence electrons. The second-order valence-corrected chi connectivity index (χ2v) is 5.97. The van der Waals surface area contributed by atoms with Gasteiger partial charge in [-0.15, -0.1) is 24.8 Å². The molecule has 1 aromatic rings. The maximum Gasteiger partial charge on any atom is 0.244 e. The summed E-state index contributed by atoms with van der Waals surface area (Å²) in [6.45, 7) is 2.11. The van der Waals surface area contributed by atoms with Crippen LogP contribution in [-0.4, -0.2) is 50.2 Å². The Hall–Kier alpha value is -0.850. The van der Waals surface area contributed by atoms with Gasteiger partial charge < -0.3 is 20.7 Å². The predicted octanol–water partition coefficient (Wildman–Crippen LogP) is 2.08. The van der Waals surface area contributed by atoms with Crippen molar-refractivity contribution in [3.05, 3.63) is 29.8 Å². The third-order valence-electron chi connectivity index (χ3n) is 3.90. The Bertz CT molecular complexity index is 475. The SMILES string of the molecule is CN(C)CCc1ccc(NC(=O)C2(N)CCOCC2)cc1.Cl.Cl. The van der Waals surface area contributed by atoms with E-state index in [4.69, 9.17) is 10.5 Å². The largest absolute Gasteiger partial charge is 0.381 e. The first-order valence-electron chi connectivity index (χ1n) is 7.41. The molecular weight excluding hydrogens is 337 g/mol. The molecule has 0 aliphatic carbocycles. The summed E-state index contributed by atoms with van der Waals surface area (Å²) in [5.74, 6) is -0.119. The van der Waals surface area contributed by atoms with Crippen LogP contribution in [0.2, 0.25) is 0 Å². The number of ether oxygens (including phenoxy) is 1. The standard InChI is InChI=1S/C16H25N3O2.2ClH/c1-19(2)10-7-13-3-5-14(6-4-13)18-15(20)16(17)8-11-21-12-9-16;;/h3-6H,7-12,17H2,1-2H3,(H,18,20);2*1H. The Labute approximate surface area is 150 Å². The molecule has 1 fully saturated rings. The molecule has 0 atom stereocenters. The molecule has 1 aromatic carbocycles. The number of anilines is 1. The molecule has 1 saturated heterocycles. The van der Waals surface area contributed by atoms with Crippen molar-refractivity contribution >= 4 is 36.4 Å². The van der Waals surface area contributed by atoms with Crippen LogP contribution in [0.1, 0.15) is 18.4 Å². The van der Waals surface area contributed by atoms with Crippen LogP contribution >= 0.6 is 24.8 Å². The number of nitrogens with zero attached hydrogens (tertiary/aromatic N) is 1. The summed E-state index contributed by atoms with van der Waals surface area (Å²) in [5.41, 5.74) is 7.42. The minimum Gasteiger partial charge on any atom is -0.381 e. The van der Waals surface area contributed by atoms with Gasteiger partial charge in [-0.3, -0.25) is 4.79 Å². The topological polar surface area (TPSA) is 67.6 Å². The number of benzene rings is 1. The van der Waals surface area contributed by atoms with Gasteiger partial charge in [0.05, 0.1) is 0 Å². The first kappa shape index (κ1) is 22.1. The molecule has 0 saturated carbocycles. The number of likely N-dealkylation sites (N-methyl/N-ethyl adjacent to an activating group) is 1. The second kappa shape index (κ2) is 10.1. The van der Waals surface area contributed by atoms with Crippen LogP contribution in [0.25, 0.3) is 0 Å². The summed E-state index contributed by atoms with van der Waals surface area (Å²) in [4.78, 5) is 14.4. The van der Waals surface area contributed by atoms with Crippen molar-refractivity contribution < 1.29 is 9.53 Å². The van der Waals surface area contributed by atoms with Crippen molar-refractivity contribution in [3.63, 3.8) is 0 Å². The molecule has 0 bridgehead atoms. The number of carbonyl (C=O) groups is 1. The van der Waals surface area contributed by atoms with Crippen molar-refractivity contribution in [1.29, 1.82) is 0 Å². The van der Waals surface area contributed by atoms with Crippen LogP contribution in [0.4, 0.5) is 5.69 Å². The van der Waals surface area contributed by atoms with Crippen molar-refractivity contribution in [2.45, 2.75) is 24.8 Å². The zero-order valence-electron chi connectivity index (χ0n) is 13.7. The van der Waals surface area contributed by atoms with Gasteiger partial charge in [-0.2, -0.15) is 0 Å². The molecule has 23 heavy (non-hydrogen) atoms. The summed E-state index contributed by atoms with van der Waals surface area (Å²) in [6, 6.07) is 7.97. The lowest BCUT2D eigenvalue weighted by Crippen LogP contribution is -2.54. The lowest BCUT2D eigenvalue weighted by atomic mass is 9.90. The van der Waals surface area contributed by atoms with Crippen molar-refractivity contribution in [1.82, 2.24) is 4.90 Å². The fourth-order valence-corrected chi connectivity index (χ4v) is 2.33. The van der Waals surface area contributed by atoms with E-state index in [9.17, 15) is 4.79 Å². The Morgan fingerprint density at radius 3 is 2.30 bits per heavy atom. The van der Waals surface area contributed by atoms with E-state index in [0.717, 1.165) is 18.7 Å². The Morgan fingerprint density at radius 2 is 1.78 bits per heavy atom. The summed E-state index contributed by atoms with van der Waals surface area (Å²) < 4.78 is 5.26. The lowest BCUT2D eigenvalue weighted by Gasteiger charge is -2.31. The number of hydrogen-bond acceptors (Lipinski definition) is 4. The van der Waals surface area contributed by atoms with Crippen molar-refractivity contribution in [2.75, 3.05) is 39.2 Å². The number of hydrogen-bond donors (Lipinski definition) is 2. The van der Waals surface area contributed by atoms with Gasteiger partial charge in [-0.1, -0.05) is 12.1 Å². The molecule has 0 unspecified atom stereocenters. The number of nitrogens with two attached hydrogens (primary N) is 1. The lowest BCUT2D eigenvalue weighted by molar-refractivity contribution is -0.124. The molecule has 1 amide bonds. The fourth-order valence-electron chi connectivity index (χ4n) is 2.33. The summed E-state index contributed by atoms with van der Waals surface area (Å²) in [7, 11) is 4.12. The summed E-state index contributed by atoms with van der Waals surface area (Å²) >= 11 is 0. The zero-order chi connectivity index (χ0) is 15.3. The molecule has 3 N–H and O–H groups in total. The van der Waals surface area contributed by atoms with Crippen LogP contribution in [0.3, 0.4) is 0 Å². The van der Waals surface area contributed by atoms with Crippen LogP contribution in [0.15, 0.2) is 24.3 Å². The van der Waals surface area contributed by atoms with Crippen molar-refractivity contribution in [3.8, 4) is 0 Å². The summed E-state index contributed by atoms with van der Waals surface area (Å²) in [6.07, 6.45) is 2.14. The minimum absolute atomic E-state index is 0. The molecule has 2 rings (SSSR count). The van der Waals surface area contributed by atoms with E-state index >= 15 is 0 Å². The quantitative estimate of drug-likeness (QED) is 0.840. The molecule has 0 aromatic heterocycles. The first-order valence-corrected chi connectivity index (χ1v) is 7.41. The van der Waals surface area contributed by atoms with E-state index in [1.165, 1.54) is 5.56 Å². The molecule has 1 aliphatic heterocycles. The van der Waals surface area contributed by atoms with Crippen LogP contribution in [-0.2, 0) is 16.0 Å². The summed E-state index contributed by atoms with van der Waals surface area (Å²) in [5, 5.41) is 2.91. The van der Waals surface area contributed by atoms with Crippen LogP contribution in [0.5, 0.6) is 0 Å². The normalized spacial score (nSPS) is 16.2. The van der Waals surface area contributed by atoms with Gasteiger partial charge >= 0.3 is 0 Å². The van der Waals surface area contributed by atoms with Gasteiger partial charge in [-0.25, -0.2) is 0 Å². The smallest absolute Gasteiger partial charge is 0.244 e. The highest BCUT2D eigenvalue weighted by Crippen LogP contribution is 2.20. The number of halogens is 2. The molecule has 0 radical (unpaired) electrons. The third kappa shape index (κ3) is 6.65. The highest BCUT2D eigenvalue weighted by atomic mass is 35.5. The van der Waals surface area contributed by atoms with Gasteiger partial charge in [0.15, 0.2) is 0 Å². The van der Waals surface area contributed by atoms with Crippen molar-refractivity contribution in [2.24, 2.45) is 5.73 Å². The zero-order valence-corrected chi connectivity index (χ0v) is 15.3. The van der Waals surface area contributed by atoms with E-state index < -0.39 is 5.54 Å². The van der Waals surface area contributed by atoms with E-state index in [2.05, 4.69) is 24.3 Å². The highest BCUT2D eigenvalue weighted by molar-refractivity contribution is 5.98. The van der Waals surface area contributed by atoms with Gasteiger partial charge in [-0.05, 0) is 51.1 Å². The second-order valence-electron chi connectivity index (χ2n) is 5.97. The van der Waals surface area contributed by atoms with Crippen LogP contribution < -0.4 is 11.1 Å². The van der Waals surface area contributed by atoms with E-state index in [-0.39, 0.29) is 30.7 Å². The predicted molar refractivity (Wildman–Crippen MR) is 98.8 cm³/mol. The molecule has 0 spiro atoms. The molecule has 1 heterocycles. The Morgan fingerprint density at radius 1 is 1.22 bits per heavy atom. The minimum atomic E-state index is -0.804. The molecule has 1 aliphatic rings. The number of carbonyl (C=O) groups excluding carboxylic acids is 1. The molecular formula is C16H27Cl2N3O2. The Kier molecular flexibility index (Phi) is 9.73. The van der Waals surface area contributed by atoms with E-state index in [1.807, 2.05) is 24.3 Å². The number of nitrogens with one attached hydrogen (secondary N) is 1. The van der Waals surface area contributed by atoms with Gasteiger partial charge in [0.1, 0.15) is 5.54 Å². The van der Waals surface area contributed by atoms with Gasteiger partial charge in [0.2, 0.25) is 5.91 Å². The third-order valence-corrected chi connectivity index (χ3v) is 3.90. The Balaban J connectivity index is 0.00000242. The van der Waals surface area contributed by atoms with E-state index in [1.54, 1.807) is 0 Å². The number of rotatable bonds is 5. The maximum absolute atomic E-state index is 12.3. The molecule has 5 nitrogen and oxygen atoms in total. The van der Waals surface area contributed by atoms with Gasteiger partial charge in [0, 0.05) is 25.4 Å². The average molecular weight is 364 g/mol. The van der Waals surface area contributed by atoms with Crippen LogP contribution in [0, 0.1) is 0 Å². The monoisotopic (exact) mass is 363 g/mol. The number of amides is 1. The van der Waals surface area contributed by atoms with Gasteiger partial charge in [0.25, 0.3) is 0 Å². The molecule has 7 heteroatoms. The first-order chi connectivity index (χ1) is 9.99. The maximum atomic E-state index is 12.3.